The molecule has 0 N–H and O–H groups in total. The lowest BCUT2D eigenvalue weighted by atomic mass is 10.0. The summed E-state index contributed by atoms with van der Waals surface area (Å²) in [5.74, 6) is -0.0579. The van der Waals surface area contributed by atoms with E-state index in [1.165, 1.54) is 13.2 Å². The first-order valence-electron chi connectivity index (χ1n) is 8.81. The fraction of sp³-hybridized carbons (Fsp3) is 0.130. The van der Waals surface area contributed by atoms with E-state index in [0.29, 0.717) is 16.9 Å². The first-order valence-corrected chi connectivity index (χ1v) is 8.81. The Balaban J connectivity index is 1.77. The van der Waals surface area contributed by atoms with E-state index in [1.807, 2.05) is 30.3 Å². The molecule has 0 fully saturated rings. The van der Waals surface area contributed by atoms with E-state index in [1.54, 1.807) is 37.5 Å². The smallest absolute Gasteiger partial charge is 0.185 e. The summed E-state index contributed by atoms with van der Waals surface area (Å²) in [5, 5.41) is 12.5. The lowest BCUT2D eigenvalue weighted by Crippen LogP contribution is -2.29. The molecule has 6 nitrogen and oxygen atoms in total. The highest BCUT2D eigenvalue weighted by Crippen LogP contribution is 2.28. The maximum atomic E-state index is 12.5. The molecule has 0 aliphatic carbocycles. The summed E-state index contributed by atoms with van der Waals surface area (Å²) in [6, 6.07) is 16.1. The molecule has 3 aromatic rings. The minimum Gasteiger partial charge on any atom is -0.546 e. The van der Waals surface area contributed by atoms with Gasteiger partial charge in [0.1, 0.15) is 12.4 Å². The third-order valence-electron chi connectivity index (χ3n) is 4.29. The van der Waals surface area contributed by atoms with Crippen LogP contribution in [0, 0.1) is 0 Å². The highest BCUT2D eigenvalue weighted by Gasteiger charge is 2.07. The summed E-state index contributed by atoms with van der Waals surface area (Å²) < 4.78 is 15.5. The Labute approximate surface area is 167 Å². The van der Waals surface area contributed by atoms with Gasteiger partial charge in [-0.3, -0.25) is 4.79 Å². The molecule has 29 heavy (non-hydrogen) atoms. The minimum atomic E-state index is -1.32. The second-order valence-electron chi connectivity index (χ2n) is 6.20. The number of ether oxygens (including phenoxy) is 3. The Kier molecular flexibility index (Phi) is 6.14. The van der Waals surface area contributed by atoms with E-state index in [-0.39, 0.29) is 11.5 Å². The van der Waals surface area contributed by atoms with Crippen LogP contribution in [0.3, 0.4) is 0 Å². The number of carbonyl (C=O) groups is 2. The van der Waals surface area contributed by atoms with Crippen LogP contribution in [0.4, 0.5) is 0 Å². The van der Waals surface area contributed by atoms with Crippen molar-refractivity contribution in [1.82, 2.24) is 0 Å². The molecule has 0 atom stereocenters. The molecule has 0 amide bonds. The van der Waals surface area contributed by atoms with Gasteiger partial charge in [-0.2, -0.15) is 0 Å². The molecular formula is C23H19O6-. The zero-order chi connectivity index (χ0) is 20.8. The lowest BCUT2D eigenvalue weighted by Gasteiger charge is -2.11. The van der Waals surface area contributed by atoms with Gasteiger partial charge in [0.2, 0.25) is 0 Å². The number of carbonyl (C=O) groups excluding carboxylic acids is 2. The molecule has 0 aliphatic rings. The number of fused-ring (bicyclic) bond motifs is 1. The summed E-state index contributed by atoms with van der Waals surface area (Å²) >= 11 is 0. The molecule has 0 aliphatic heterocycles. The highest BCUT2D eigenvalue weighted by atomic mass is 16.5. The van der Waals surface area contributed by atoms with E-state index >= 15 is 0 Å². The third kappa shape index (κ3) is 4.93. The fourth-order valence-corrected chi connectivity index (χ4v) is 2.82. The van der Waals surface area contributed by atoms with Crippen LogP contribution in [0.2, 0.25) is 0 Å². The standard InChI is InChI=1S/C23H20O6/c1-27-19-8-7-16-12-18(6-5-17(16)13-19)20(24)9-3-15-4-10-21(22(11-15)28-2)29-14-23(25)26/h3-13H,14H2,1-2H3,(H,25,26)/p-1/b9-3+. The van der Waals surface area contributed by atoms with Crippen LogP contribution in [-0.4, -0.2) is 32.6 Å². The van der Waals surface area contributed by atoms with E-state index in [4.69, 9.17) is 14.2 Å². The third-order valence-corrected chi connectivity index (χ3v) is 4.29. The SMILES string of the molecule is COc1ccc2cc(C(=O)/C=C/c3ccc(OCC(=O)[O-])c(OC)c3)ccc2c1. The summed E-state index contributed by atoms with van der Waals surface area (Å²) in [4.78, 5) is 23.1. The largest absolute Gasteiger partial charge is 0.546 e. The highest BCUT2D eigenvalue weighted by molar-refractivity contribution is 6.08. The van der Waals surface area contributed by atoms with Gasteiger partial charge in [-0.05, 0) is 52.7 Å². The van der Waals surface area contributed by atoms with Gasteiger partial charge in [0.25, 0.3) is 0 Å². The predicted molar refractivity (Wildman–Crippen MR) is 107 cm³/mol. The Morgan fingerprint density at radius 2 is 1.66 bits per heavy atom. The van der Waals surface area contributed by atoms with E-state index in [2.05, 4.69) is 0 Å². The van der Waals surface area contributed by atoms with Crippen molar-refractivity contribution in [3.8, 4) is 17.2 Å². The second-order valence-corrected chi connectivity index (χ2v) is 6.20. The van der Waals surface area contributed by atoms with Crippen LogP contribution in [0.15, 0.2) is 60.7 Å². The summed E-state index contributed by atoms with van der Waals surface area (Å²) in [7, 11) is 3.06. The van der Waals surface area contributed by atoms with Crippen molar-refractivity contribution in [2.45, 2.75) is 0 Å². The zero-order valence-electron chi connectivity index (χ0n) is 16.0. The van der Waals surface area contributed by atoms with Gasteiger partial charge in [0.15, 0.2) is 17.3 Å². The Morgan fingerprint density at radius 3 is 2.38 bits per heavy atom. The van der Waals surface area contributed by atoms with Crippen LogP contribution in [-0.2, 0) is 4.79 Å². The van der Waals surface area contributed by atoms with Gasteiger partial charge in [-0.1, -0.05) is 30.3 Å². The van der Waals surface area contributed by atoms with Crippen LogP contribution in [0.5, 0.6) is 17.2 Å². The molecular weight excluding hydrogens is 372 g/mol. The number of allylic oxidation sites excluding steroid dienone is 1. The summed E-state index contributed by atoms with van der Waals surface area (Å²) in [5.41, 5.74) is 1.28. The summed E-state index contributed by atoms with van der Waals surface area (Å²) in [6.45, 7) is -0.572. The van der Waals surface area contributed by atoms with Crippen LogP contribution < -0.4 is 19.3 Å². The van der Waals surface area contributed by atoms with Crippen LogP contribution in [0.25, 0.3) is 16.8 Å². The first kappa shape index (κ1) is 19.9. The van der Waals surface area contributed by atoms with Gasteiger partial charge in [-0.25, -0.2) is 0 Å². The Bertz CT molecular complexity index is 1080. The quantitative estimate of drug-likeness (QED) is 0.434. The number of benzene rings is 3. The average Bonchev–Trinajstić information content (AvgIpc) is 2.75. The minimum absolute atomic E-state index is 0.140. The van der Waals surface area contributed by atoms with Crippen molar-refractivity contribution >= 4 is 28.6 Å². The van der Waals surface area contributed by atoms with Gasteiger partial charge in [0, 0.05) is 5.56 Å². The first-order chi connectivity index (χ1) is 14.0. The molecule has 148 valence electrons. The summed E-state index contributed by atoms with van der Waals surface area (Å²) in [6.07, 6.45) is 3.13. The van der Waals surface area contributed by atoms with Crippen LogP contribution >= 0.6 is 0 Å². The molecule has 0 unspecified atom stereocenters. The maximum Gasteiger partial charge on any atom is 0.185 e. The number of carboxylic acid groups (broad SMARTS) is 1. The zero-order valence-corrected chi connectivity index (χ0v) is 16.0. The predicted octanol–water partition coefficient (Wildman–Crippen LogP) is 2.88. The van der Waals surface area contributed by atoms with E-state index in [9.17, 15) is 14.7 Å². The maximum absolute atomic E-state index is 12.5. The van der Waals surface area contributed by atoms with Crippen molar-refractivity contribution in [3.05, 3.63) is 71.8 Å². The number of rotatable bonds is 8. The number of ketones is 1. The molecule has 0 saturated carbocycles. The lowest BCUT2D eigenvalue weighted by molar-refractivity contribution is -0.307. The molecule has 0 bridgehead atoms. The molecule has 6 heteroatoms. The van der Waals surface area contributed by atoms with Crippen molar-refractivity contribution in [2.75, 3.05) is 20.8 Å². The van der Waals surface area contributed by atoms with Gasteiger partial charge in [0.05, 0.1) is 20.2 Å². The van der Waals surface area contributed by atoms with Crippen molar-refractivity contribution in [1.29, 1.82) is 0 Å². The van der Waals surface area contributed by atoms with Gasteiger partial charge >= 0.3 is 0 Å². The van der Waals surface area contributed by atoms with E-state index in [0.717, 1.165) is 16.5 Å². The van der Waals surface area contributed by atoms with Gasteiger partial charge in [-0.15, -0.1) is 0 Å². The molecule has 3 rings (SSSR count). The van der Waals surface area contributed by atoms with Crippen molar-refractivity contribution < 1.29 is 28.9 Å². The number of methoxy groups -OCH3 is 2. The topological polar surface area (TPSA) is 84.9 Å². The molecule has 0 heterocycles. The van der Waals surface area contributed by atoms with Crippen LogP contribution in [0.1, 0.15) is 15.9 Å². The number of carboxylic acids is 1. The fourth-order valence-electron chi connectivity index (χ4n) is 2.82. The Morgan fingerprint density at radius 1 is 0.897 bits per heavy atom. The molecule has 3 aromatic carbocycles. The number of hydrogen-bond acceptors (Lipinski definition) is 6. The molecule has 0 radical (unpaired) electrons. The number of hydrogen-bond donors (Lipinski definition) is 0. The van der Waals surface area contributed by atoms with Crippen molar-refractivity contribution in [3.63, 3.8) is 0 Å². The van der Waals surface area contributed by atoms with E-state index < -0.39 is 12.6 Å². The average molecular weight is 391 g/mol. The molecule has 0 spiro atoms. The van der Waals surface area contributed by atoms with Crippen molar-refractivity contribution in [2.24, 2.45) is 0 Å². The second kappa shape index (κ2) is 8.93. The van der Waals surface area contributed by atoms with Gasteiger partial charge < -0.3 is 24.1 Å². The normalized spacial score (nSPS) is 10.8. The molecule has 0 aromatic heterocycles. The monoisotopic (exact) mass is 391 g/mol. The number of aliphatic carboxylic acids is 1. The Hall–Kier alpha value is -3.80. The molecule has 0 saturated heterocycles.